The number of hydrogen-bond donors (Lipinski definition) is 1. The molecule has 1 fully saturated rings. The average molecular weight is 354 g/mol. The Morgan fingerprint density at radius 1 is 1.24 bits per heavy atom. The second-order valence-electron chi connectivity index (χ2n) is 6.51. The molecule has 0 saturated carbocycles. The van der Waals surface area contributed by atoms with Crippen LogP contribution < -0.4 is 10.1 Å². The molecule has 0 spiro atoms. The number of nitrogens with one attached hydrogen (secondary N) is 1. The van der Waals surface area contributed by atoms with E-state index >= 15 is 0 Å². The molecule has 128 valence electrons. The number of anilines is 1. The molecule has 0 unspecified atom stereocenters. The number of rotatable bonds is 3. The van der Waals surface area contributed by atoms with Crippen molar-refractivity contribution in [3.8, 4) is 18.1 Å². The third-order valence-corrected chi connectivity index (χ3v) is 5.22. The smallest absolute Gasteiger partial charge is 0.148 e. The molecule has 3 nitrogen and oxygen atoms in total. The Balaban J connectivity index is 1.65. The van der Waals surface area contributed by atoms with Gasteiger partial charge in [0.15, 0.2) is 0 Å². The second kappa shape index (κ2) is 7.00. The van der Waals surface area contributed by atoms with Crippen LogP contribution in [-0.4, -0.2) is 13.2 Å². The Bertz CT molecular complexity index is 797. The van der Waals surface area contributed by atoms with Gasteiger partial charge in [-0.25, -0.2) is 0 Å². The van der Waals surface area contributed by atoms with Gasteiger partial charge in [0.2, 0.25) is 0 Å². The fraction of sp³-hybridized carbons (Fsp3) is 0.333. The Labute approximate surface area is 153 Å². The monoisotopic (exact) mass is 353 g/mol. The Morgan fingerprint density at radius 3 is 2.88 bits per heavy atom. The van der Waals surface area contributed by atoms with Crippen LogP contribution in [0.4, 0.5) is 5.69 Å². The highest BCUT2D eigenvalue weighted by molar-refractivity contribution is 6.30. The molecule has 2 heterocycles. The van der Waals surface area contributed by atoms with E-state index in [4.69, 9.17) is 27.5 Å². The van der Waals surface area contributed by atoms with Gasteiger partial charge in [0, 0.05) is 28.8 Å². The molecule has 0 aliphatic carbocycles. The topological polar surface area (TPSA) is 30.5 Å². The predicted molar refractivity (Wildman–Crippen MR) is 100 cm³/mol. The van der Waals surface area contributed by atoms with Gasteiger partial charge in [-0.15, -0.1) is 6.42 Å². The Morgan fingerprint density at radius 2 is 2.08 bits per heavy atom. The summed E-state index contributed by atoms with van der Waals surface area (Å²) in [7, 11) is 0. The van der Waals surface area contributed by atoms with Crippen LogP contribution >= 0.6 is 11.6 Å². The third kappa shape index (κ3) is 3.20. The van der Waals surface area contributed by atoms with E-state index in [9.17, 15) is 0 Å². The summed E-state index contributed by atoms with van der Waals surface area (Å²) in [5.41, 5.74) is 3.50. The van der Waals surface area contributed by atoms with Crippen LogP contribution in [-0.2, 0) is 4.74 Å². The lowest BCUT2D eigenvalue weighted by Gasteiger charge is -2.43. The summed E-state index contributed by atoms with van der Waals surface area (Å²) in [6.45, 7) is 1.09. The zero-order valence-electron chi connectivity index (χ0n) is 13.9. The predicted octanol–water partition coefficient (Wildman–Crippen LogP) is 4.99. The maximum atomic E-state index is 6.21. The summed E-state index contributed by atoms with van der Waals surface area (Å²) in [5.74, 6) is 3.66. The number of fused-ring (bicyclic) bond motifs is 3. The highest BCUT2D eigenvalue weighted by Crippen LogP contribution is 2.49. The molecule has 1 saturated heterocycles. The fourth-order valence-corrected chi connectivity index (χ4v) is 4.05. The molecule has 0 aromatic heterocycles. The maximum Gasteiger partial charge on any atom is 0.148 e. The van der Waals surface area contributed by atoms with E-state index in [1.807, 2.05) is 30.3 Å². The molecule has 2 aliphatic rings. The molecule has 2 aromatic carbocycles. The van der Waals surface area contributed by atoms with Crippen LogP contribution in [0.5, 0.6) is 5.75 Å². The minimum atomic E-state index is 0.0890. The summed E-state index contributed by atoms with van der Waals surface area (Å²) in [6, 6.07) is 14.4. The van der Waals surface area contributed by atoms with Gasteiger partial charge in [0.05, 0.1) is 12.1 Å². The number of benzene rings is 2. The van der Waals surface area contributed by atoms with E-state index in [0.29, 0.717) is 5.92 Å². The first-order valence-electron chi connectivity index (χ1n) is 8.60. The molecule has 2 aromatic rings. The second-order valence-corrected chi connectivity index (χ2v) is 6.95. The lowest BCUT2D eigenvalue weighted by Crippen LogP contribution is -2.35. The van der Waals surface area contributed by atoms with Gasteiger partial charge >= 0.3 is 0 Å². The number of ether oxygens (including phenoxy) is 2. The van der Waals surface area contributed by atoms with E-state index in [1.165, 1.54) is 11.1 Å². The molecule has 0 bridgehead atoms. The number of halogens is 1. The Kier molecular flexibility index (Phi) is 4.57. The maximum absolute atomic E-state index is 6.21. The van der Waals surface area contributed by atoms with Crippen molar-refractivity contribution >= 4 is 17.3 Å². The average Bonchev–Trinajstić information content (AvgIpc) is 2.66. The van der Waals surface area contributed by atoms with Crippen LogP contribution in [0.15, 0.2) is 42.5 Å². The summed E-state index contributed by atoms with van der Waals surface area (Å²) in [4.78, 5) is 0. The molecular formula is C21H20ClNO2. The number of terminal acetylenes is 1. The van der Waals surface area contributed by atoms with Gasteiger partial charge in [-0.05, 0) is 48.7 Å². The first kappa shape index (κ1) is 16.3. The van der Waals surface area contributed by atoms with Crippen LogP contribution in [0.25, 0.3) is 0 Å². The van der Waals surface area contributed by atoms with Crippen molar-refractivity contribution in [3.63, 3.8) is 0 Å². The molecule has 4 heteroatoms. The van der Waals surface area contributed by atoms with E-state index in [1.54, 1.807) is 0 Å². The zero-order valence-corrected chi connectivity index (χ0v) is 14.6. The minimum absolute atomic E-state index is 0.0890. The van der Waals surface area contributed by atoms with Gasteiger partial charge < -0.3 is 14.8 Å². The summed E-state index contributed by atoms with van der Waals surface area (Å²) >= 11 is 6.21. The normalized spacial score (nSPS) is 24.4. The van der Waals surface area contributed by atoms with E-state index < -0.39 is 0 Å². The highest BCUT2D eigenvalue weighted by Gasteiger charge is 2.39. The quantitative estimate of drug-likeness (QED) is 0.789. The fourth-order valence-electron chi connectivity index (χ4n) is 3.87. The standard InChI is InChI=1S/C21H20ClNO2/c1-2-11-24-16-8-5-14(6-9-16)20-17-4-3-12-25-21(17)18-13-15(22)7-10-19(18)23-20/h1,5-10,13,17,20-21,23H,3-4,11-12H2/t17-,20+,21-/m0/s1. The van der Waals surface area contributed by atoms with Crippen molar-refractivity contribution in [2.24, 2.45) is 5.92 Å². The van der Waals surface area contributed by atoms with E-state index in [-0.39, 0.29) is 18.8 Å². The van der Waals surface area contributed by atoms with E-state index in [0.717, 1.165) is 35.9 Å². The molecule has 1 N–H and O–H groups in total. The largest absolute Gasteiger partial charge is 0.481 e. The lowest BCUT2D eigenvalue weighted by molar-refractivity contribution is -0.0381. The van der Waals surface area contributed by atoms with Crippen molar-refractivity contribution in [2.75, 3.05) is 18.5 Å². The zero-order chi connectivity index (χ0) is 17.2. The SMILES string of the molecule is C#CCOc1ccc([C@H]2Nc3ccc(Cl)cc3[C@H]3OCCC[C@@H]23)cc1. The molecule has 25 heavy (non-hydrogen) atoms. The molecule has 2 aliphatic heterocycles. The molecule has 4 rings (SSSR count). The van der Waals surface area contributed by atoms with Crippen LogP contribution in [0.3, 0.4) is 0 Å². The molecule has 0 radical (unpaired) electrons. The van der Waals surface area contributed by atoms with Gasteiger partial charge in [0.25, 0.3) is 0 Å². The first-order chi connectivity index (χ1) is 12.3. The van der Waals surface area contributed by atoms with Crippen molar-refractivity contribution < 1.29 is 9.47 Å². The molecule has 3 atom stereocenters. The Hall–Kier alpha value is -2.15. The van der Waals surface area contributed by atoms with E-state index in [2.05, 4.69) is 23.4 Å². The van der Waals surface area contributed by atoms with Crippen LogP contribution in [0, 0.1) is 18.3 Å². The summed E-state index contributed by atoms with van der Waals surface area (Å²) < 4.78 is 11.6. The van der Waals surface area contributed by atoms with Gasteiger partial charge in [-0.3, -0.25) is 0 Å². The van der Waals surface area contributed by atoms with Crippen molar-refractivity contribution in [2.45, 2.75) is 25.0 Å². The minimum Gasteiger partial charge on any atom is -0.481 e. The van der Waals surface area contributed by atoms with Crippen molar-refractivity contribution in [1.29, 1.82) is 0 Å². The number of hydrogen-bond acceptors (Lipinski definition) is 3. The van der Waals surface area contributed by atoms with Gasteiger partial charge in [-0.2, -0.15) is 0 Å². The van der Waals surface area contributed by atoms with Gasteiger partial charge in [-0.1, -0.05) is 29.7 Å². The van der Waals surface area contributed by atoms with Crippen molar-refractivity contribution in [3.05, 3.63) is 58.6 Å². The van der Waals surface area contributed by atoms with Gasteiger partial charge in [0.1, 0.15) is 12.4 Å². The van der Waals surface area contributed by atoms with Crippen molar-refractivity contribution in [1.82, 2.24) is 0 Å². The summed E-state index contributed by atoms with van der Waals surface area (Å²) in [6.07, 6.45) is 7.54. The summed E-state index contributed by atoms with van der Waals surface area (Å²) in [5, 5.41) is 4.44. The lowest BCUT2D eigenvalue weighted by atomic mass is 9.77. The van der Waals surface area contributed by atoms with Crippen LogP contribution in [0.2, 0.25) is 5.02 Å². The molecular weight excluding hydrogens is 334 g/mol. The highest BCUT2D eigenvalue weighted by atomic mass is 35.5. The third-order valence-electron chi connectivity index (χ3n) is 4.99. The first-order valence-corrected chi connectivity index (χ1v) is 8.98. The van der Waals surface area contributed by atoms with Crippen LogP contribution in [0.1, 0.15) is 36.1 Å². The molecule has 0 amide bonds.